The van der Waals surface area contributed by atoms with Crippen molar-refractivity contribution in [1.29, 1.82) is 0 Å². The smallest absolute Gasteiger partial charge is 0.332 e. The van der Waals surface area contributed by atoms with Crippen LogP contribution >= 0.6 is 0 Å². The molecule has 128 valence electrons. The zero-order valence-electron chi connectivity index (χ0n) is 14.5. The Morgan fingerprint density at radius 3 is 2.50 bits per heavy atom. The molecular weight excluding hydrogens is 302 g/mol. The van der Waals surface area contributed by atoms with Gasteiger partial charge >= 0.3 is 6.03 Å². The molecule has 2 aliphatic carbocycles. The van der Waals surface area contributed by atoms with Gasteiger partial charge in [-0.25, -0.2) is 10.2 Å². The average molecular weight is 327 g/mol. The number of carbonyl (C=O) groups is 2. The Hall–Kier alpha value is -2.17. The zero-order chi connectivity index (χ0) is 17.5. The lowest BCUT2D eigenvalue weighted by Crippen LogP contribution is -2.37. The topological polar surface area (TPSA) is 84.6 Å². The summed E-state index contributed by atoms with van der Waals surface area (Å²) < 4.78 is 0. The minimum absolute atomic E-state index is 0.0566. The quantitative estimate of drug-likeness (QED) is 0.658. The summed E-state index contributed by atoms with van der Waals surface area (Å²) in [6, 6.07) is 9.18. The fraction of sp³-hybridized carbons (Fsp3) is 0.526. The predicted molar refractivity (Wildman–Crippen MR) is 93.4 cm³/mol. The van der Waals surface area contributed by atoms with E-state index in [0.717, 1.165) is 18.4 Å². The van der Waals surface area contributed by atoms with Crippen molar-refractivity contribution < 1.29 is 9.59 Å². The number of hydrogen-bond donors (Lipinski definition) is 2. The minimum Gasteiger partial charge on any atom is -0.350 e. The van der Waals surface area contributed by atoms with E-state index in [2.05, 4.69) is 31.3 Å². The Morgan fingerprint density at radius 1 is 1.29 bits per heavy atom. The summed E-state index contributed by atoms with van der Waals surface area (Å²) in [4.78, 5) is 24.3. The van der Waals surface area contributed by atoms with Gasteiger partial charge < -0.3 is 5.73 Å². The normalized spacial score (nSPS) is 31.3. The first-order valence-corrected chi connectivity index (χ1v) is 8.47. The Kier molecular flexibility index (Phi) is 3.98. The number of nitrogens with zero attached hydrogens (tertiary/aromatic N) is 1. The summed E-state index contributed by atoms with van der Waals surface area (Å²) in [5.41, 5.74) is 8.93. The van der Waals surface area contributed by atoms with Crippen molar-refractivity contribution in [2.45, 2.75) is 40.0 Å². The van der Waals surface area contributed by atoms with Crippen LogP contribution in [-0.4, -0.2) is 17.5 Å². The minimum atomic E-state index is -0.707. The highest BCUT2D eigenvalue weighted by Gasteiger charge is 2.67. The van der Waals surface area contributed by atoms with Gasteiger partial charge in [0.15, 0.2) is 0 Å². The molecule has 0 heterocycles. The number of carbonyl (C=O) groups excluding carboxylic acids is 2. The first kappa shape index (κ1) is 16.7. The molecule has 3 atom stereocenters. The third kappa shape index (κ3) is 2.43. The van der Waals surface area contributed by atoms with Crippen molar-refractivity contribution in [1.82, 2.24) is 5.43 Å². The Morgan fingerprint density at radius 2 is 1.96 bits per heavy atom. The van der Waals surface area contributed by atoms with E-state index in [1.165, 1.54) is 0 Å². The zero-order valence-corrected chi connectivity index (χ0v) is 14.5. The van der Waals surface area contributed by atoms with Crippen LogP contribution in [0.3, 0.4) is 0 Å². The molecule has 1 aromatic rings. The van der Waals surface area contributed by atoms with Crippen molar-refractivity contribution >= 4 is 17.5 Å². The number of benzene rings is 1. The lowest BCUT2D eigenvalue weighted by molar-refractivity contribution is -0.129. The van der Waals surface area contributed by atoms with Crippen LogP contribution in [0, 0.1) is 22.7 Å². The molecule has 3 N–H and O–H groups in total. The maximum Gasteiger partial charge on any atom is 0.332 e. The lowest BCUT2D eigenvalue weighted by atomic mass is 9.70. The third-order valence-electron chi connectivity index (χ3n) is 6.43. The maximum absolute atomic E-state index is 13.2. The van der Waals surface area contributed by atoms with Crippen LogP contribution in [0.25, 0.3) is 0 Å². The van der Waals surface area contributed by atoms with Crippen molar-refractivity contribution in [3.05, 3.63) is 35.9 Å². The van der Waals surface area contributed by atoms with Gasteiger partial charge in [0, 0.05) is 11.8 Å². The highest BCUT2D eigenvalue weighted by molar-refractivity contribution is 6.11. The highest BCUT2D eigenvalue weighted by Crippen LogP contribution is 2.66. The number of hydrogen-bond acceptors (Lipinski definition) is 3. The van der Waals surface area contributed by atoms with E-state index in [1.807, 2.05) is 30.3 Å². The molecule has 0 spiro atoms. The molecule has 0 saturated heterocycles. The number of rotatable bonds is 4. The number of Topliss-reactive ketones (excluding diaryl/α,β-unsaturated/α-hetero) is 1. The molecule has 2 aliphatic rings. The number of fused-ring (bicyclic) bond motifs is 2. The van der Waals surface area contributed by atoms with Crippen LogP contribution < -0.4 is 11.2 Å². The lowest BCUT2D eigenvalue weighted by Gasteiger charge is -2.32. The summed E-state index contributed by atoms with van der Waals surface area (Å²) in [6.45, 7) is 6.45. The predicted octanol–water partition coefficient (Wildman–Crippen LogP) is 2.89. The molecule has 2 saturated carbocycles. The second-order valence-electron chi connectivity index (χ2n) is 7.78. The van der Waals surface area contributed by atoms with E-state index in [9.17, 15) is 9.59 Å². The molecule has 5 nitrogen and oxygen atoms in total. The van der Waals surface area contributed by atoms with Crippen LogP contribution in [0.4, 0.5) is 4.79 Å². The van der Waals surface area contributed by atoms with E-state index in [1.54, 1.807) is 0 Å². The molecule has 0 radical (unpaired) electrons. The van der Waals surface area contributed by atoms with Gasteiger partial charge in [-0.3, -0.25) is 4.79 Å². The van der Waals surface area contributed by atoms with Crippen LogP contribution in [0.15, 0.2) is 35.4 Å². The highest BCUT2D eigenvalue weighted by atomic mass is 16.2. The van der Waals surface area contributed by atoms with Crippen molar-refractivity contribution in [2.24, 2.45) is 33.5 Å². The number of urea groups is 1. The number of nitrogens with two attached hydrogens (primary N) is 1. The van der Waals surface area contributed by atoms with E-state index < -0.39 is 6.03 Å². The van der Waals surface area contributed by atoms with Crippen molar-refractivity contribution in [3.63, 3.8) is 0 Å². The molecule has 1 aromatic carbocycles. The largest absolute Gasteiger partial charge is 0.350 e. The Bertz CT molecular complexity index is 696. The fourth-order valence-corrected chi connectivity index (χ4v) is 4.62. The number of amides is 2. The number of hydrazone groups is 1. The summed E-state index contributed by atoms with van der Waals surface area (Å²) >= 11 is 0. The molecular formula is C19H25N3O2. The first-order valence-electron chi connectivity index (χ1n) is 8.47. The number of nitrogens with one attached hydrogen (secondary N) is 1. The molecule has 2 bridgehead atoms. The Balaban J connectivity index is 1.96. The molecule has 2 fully saturated rings. The second kappa shape index (κ2) is 5.72. The van der Waals surface area contributed by atoms with Crippen LogP contribution in [0.2, 0.25) is 0 Å². The van der Waals surface area contributed by atoms with Crippen LogP contribution in [0.1, 0.15) is 39.2 Å². The van der Waals surface area contributed by atoms with E-state index >= 15 is 0 Å². The number of ketones is 1. The summed E-state index contributed by atoms with van der Waals surface area (Å²) in [5.74, 6) is 0.266. The average Bonchev–Trinajstić information content (AvgIpc) is 2.85. The van der Waals surface area contributed by atoms with E-state index in [-0.39, 0.29) is 28.4 Å². The first-order chi connectivity index (χ1) is 11.3. The van der Waals surface area contributed by atoms with Crippen LogP contribution in [-0.2, 0) is 11.2 Å². The molecule has 0 aliphatic heterocycles. The second-order valence-corrected chi connectivity index (χ2v) is 7.78. The van der Waals surface area contributed by atoms with Gasteiger partial charge in [-0.15, -0.1) is 0 Å². The van der Waals surface area contributed by atoms with Gasteiger partial charge in [-0.1, -0.05) is 51.1 Å². The Labute approximate surface area is 142 Å². The van der Waals surface area contributed by atoms with Crippen LogP contribution in [0.5, 0.6) is 0 Å². The molecule has 24 heavy (non-hydrogen) atoms. The molecule has 5 heteroatoms. The number of primary amides is 1. The van der Waals surface area contributed by atoms with Gasteiger partial charge in [0.2, 0.25) is 0 Å². The third-order valence-corrected chi connectivity index (χ3v) is 6.43. The van der Waals surface area contributed by atoms with Crippen molar-refractivity contribution in [3.8, 4) is 0 Å². The summed E-state index contributed by atoms with van der Waals surface area (Å²) in [7, 11) is 0. The monoisotopic (exact) mass is 327 g/mol. The maximum atomic E-state index is 13.2. The van der Waals surface area contributed by atoms with Gasteiger partial charge in [-0.05, 0) is 29.7 Å². The van der Waals surface area contributed by atoms with Gasteiger partial charge in [0.25, 0.3) is 0 Å². The molecule has 3 rings (SSSR count). The molecule has 2 amide bonds. The SMILES string of the molecule is CC1(C)[C@@H]2CC[C@]1(C)C(=O)[C@@H]2C(Cc1ccccc1)=NNC(N)=O. The van der Waals surface area contributed by atoms with Gasteiger partial charge in [0.05, 0.1) is 11.6 Å². The van der Waals surface area contributed by atoms with Gasteiger partial charge in [0.1, 0.15) is 5.78 Å². The summed E-state index contributed by atoms with van der Waals surface area (Å²) in [6.07, 6.45) is 2.49. The molecule has 0 aromatic heterocycles. The van der Waals surface area contributed by atoms with Gasteiger partial charge in [-0.2, -0.15) is 5.10 Å². The van der Waals surface area contributed by atoms with E-state index in [0.29, 0.717) is 12.1 Å². The fourth-order valence-electron chi connectivity index (χ4n) is 4.62. The van der Waals surface area contributed by atoms with E-state index in [4.69, 9.17) is 5.73 Å². The molecule has 0 unspecified atom stereocenters. The van der Waals surface area contributed by atoms with Crippen molar-refractivity contribution in [2.75, 3.05) is 0 Å². The summed E-state index contributed by atoms with van der Waals surface area (Å²) in [5, 5.41) is 4.24. The standard InChI is InChI=1S/C19H25N3O2/c1-18(2)13-9-10-19(18,3)16(23)15(13)14(21-22-17(20)24)11-12-7-5-4-6-8-12/h4-8,13,15H,9-11H2,1-3H3,(H3,20,22,24)/t13-,15+,19-/m1/s1.